The van der Waals surface area contributed by atoms with Crippen LogP contribution in [0.2, 0.25) is 0 Å². The molecule has 5 heteroatoms. The second-order valence-electron chi connectivity index (χ2n) is 5.97. The molecular formula is C13H27NO4. The highest BCUT2D eigenvalue weighted by molar-refractivity contribution is 5.67. The van der Waals surface area contributed by atoms with Crippen molar-refractivity contribution in [2.45, 2.75) is 59.2 Å². The van der Waals surface area contributed by atoms with Crippen LogP contribution >= 0.6 is 0 Å². The molecule has 0 aliphatic rings. The molecule has 0 rings (SSSR count). The van der Waals surface area contributed by atoms with Crippen molar-refractivity contribution in [2.75, 3.05) is 13.2 Å². The minimum absolute atomic E-state index is 0.180. The standard InChI is InChI=1S/C13H27NO4/c1-6-7-10(16)13(5,9-15)8-14-11(17)18-12(2,3)4/h10,15-16H,6-9H2,1-5H3,(H,14,17). The fraction of sp³-hybridized carbons (Fsp3) is 0.923. The summed E-state index contributed by atoms with van der Waals surface area (Å²) >= 11 is 0. The number of amides is 1. The van der Waals surface area contributed by atoms with Gasteiger partial charge in [0.15, 0.2) is 0 Å². The van der Waals surface area contributed by atoms with Crippen molar-refractivity contribution in [2.24, 2.45) is 5.41 Å². The normalized spacial score (nSPS) is 16.8. The minimum atomic E-state index is -0.743. The maximum absolute atomic E-state index is 11.5. The minimum Gasteiger partial charge on any atom is -0.444 e. The van der Waals surface area contributed by atoms with Gasteiger partial charge in [0.05, 0.1) is 12.7 Å². The van der Waals surface area contributed by atoms with Crippen LogP contribution in [-0.2, 0) is 4.74 Å². The Labute approximate surface area is 110 Å². The van der Waals surface area contributed by atoms with Gasteiger partial charge in [-0.2, -0.15) is 0 Å². The third kappa shape index (κ3) is 6.21. The van der Waals surface area contributed by atoms with Crippen molar-refractivity contribution < 1.29 is 19.7 Å². The summed E-state index contributed by atoms with van der Waals surface area (Å²) in [6.07, 6.45) is 0.226. The molecule has 0 radical (unpaired) electrons. The van der Waals surface area contributed by atoms with E-state index in [9.17, 15) is 15.0 Å². The van der Waals surface area contributed by atoms with Crippen LogP contribution < -0.4 is 5.32 Å². The zero-order valence-corrected chi connectivity index (χ0v) is 12.1. The van der Waals surface area contributed by atoms with Crippen molar-refractivity contribution in [3.8, 4) is 0 Å². The molecular weight excluding hydrogens is 234 g/mol. The van der Waals surface area contributed by atoms with Gasteiger partial charge in [0.25, 0.3) is 0 Å². The second kappa shape index (κ2) is 6.95. The second-order valence-corrected chi connectivity index (χ2v) is 5.97. The average Bonchev–Trinajstić information content (AvgIpc) is 2.24. The summed E-state index contributed by atoms with van der Waals surface area (Å²) in [6.45, 7) is 9.04. The van der Waals surface area contributed by atoms with Gasteiger partial charge in [0, 0.05) is 12.0 Å². The van der Waals surface area contributed by atoms with Crippen LogP contribution in [0.3, 0.4) is 0 Å². The molecule has 3 N–H and O–H groups in total. The third-order valence-electron chi connectivity index (χ3n) is 2.76. The Hall–Kier alpha value is -0.810. The smallest absolute Gasteiger partial charge is 0.407 e. The molecule has 2 atom stereocenters. The molecule has 2 unspecified atom stereocenters. The lowest BCUT2D eigenvalue weighted by Crippen LogP contribution is -2.46. The van der Waals surface area contributed by atoms with Gasteiger partial charge >= 0.3 is 6.09 Å². The van der Waals surface area contributed by atoms with Crippen LogP contribution in [0.25, 0.3) is 0 Å². The lowest BCUT2D eigenvalue weighted by atomic mass is 9.83. The summed E-state index contributed by atoms with van der Waals surface area (Å²) in [5.74, 6) is 0. The topological polar surface area (TPSA) is 78.8 Å². The Kier molecular flexibility index (Phi) is 6.63. The molecule has 0 aromatic heterocycles. The first kappa shape index (κ1) is 17.2. The van der Waals surface area contributed by atoms with Crippen LogP contribution in [0.4, 0.5) is 4.79 Å². The number of hydrogen-bond acceptors (Lipinski definition) is 4. The van der Waals surface area contributed by atoms with Crippen molar-refractivity contribution in [1.82, 2.24) is 5.32 Å². The molecule has 0 spiro atoms. The zero-order chi connectivity index (χ0) is 14.4. The first-order valence-electron chi connectivity index (χ1n) is 6.40. The summed E-state index contributed by atoms with van der Waals surface area (Å²) in [7, 11) is 0. The Morgan fingerprint density at radius 1 is 1.33 bits per heavy atom. The fourth-order valence-electron chi connectivity index (χ4n) is 1.49. The van der Waals surface area contributed by atoms with Crippen LogP contribution in [0.5, 0.6) is 0 Å². The summed E-state index contributed by atoms with van der Waals surface area (Å²) in [4.78, 5) is 11.5. The highest BCUT2D eigenvalue weighted by Crippen LogP contribution is 2.23. The number of alkyl carbamates (subject to hydrolysis) is 1. The quantitative estimate of drug-likeness (QED) is 0.679. The first-order chi connectivity index (χ1) is 8.14. The van der Waals surface area contributed by atoms with Gasteiger partial charge in [0.1, 0.15) is 5.60 Å². The van der Waals surface area contributed by atoms with E-state index in [1.807, 2.05) is 6.92 Å². The van der Waals surface area contributed by atoms with Gasteiger partial charge in [-0.05, 0) is 27.2 Å². The number of aliphatic hydroxyl groups is 2. The highest BCUT2D eigenvalue weighted by Gasteiger charge is 2.32. The lowest BCUT2D eigenvalue weighted by molar-refractivity contribution is -0.0122. The van der Waals surface area contributed by atoms with Crippen molar-refractivity contribution >= 4 is 6.09 Å². The molecule has 1 amide bonds. The van der Waals surface area contributed by atoms with E-state index in [2.05, 4.69) is 5.32 Å². The molecule has 0 heterocycles. The molecule has 0 aliphatic carbocycles. The third-order valence-corrected chi connectivity index (χ3v) is 2.76. The molecule has 0 aliphatic heterocycles. The number of hydrogen-bond donors (Lipinski definition) is 3. The van der Waals surface area contributed by atoms with E-state index in [1.54, 1.807) is 27.7 Å². The Morgan fingerprint density at radius 3 is 2.28 bits per heavy atom. The predicted molar refractivity (Wildman–Crippen MR) is 70.3 cm³/mol. The van der Waals surface area contributed by atoms with Crippen molar-refractivity contribution in [3.05, 3.63) is 0 Å². The number of ether oxygens (including phenoxy) is 1. The average molecular weight is 261 g/mol. The molecule has 0 bridgehead atoms. The summed E-state index contributed by atoms with van der Waals surface area (Å²) in [6, 6.07) is 0. The molecule has 18 heavy (non-hydrogen) atoms. The fourth-order valence-corrected chi connectivity index (χ4v) is 1.49. The number of aliphatic hydroxyl groups excluding tert-OH is 2. The number of carbonyl (C=O) groups excluding carboxylic acids is 1. The molecule has 108 valence electrons. The molecule has 0 fully saturated rings. The van der Waals surface area contributed by atoms with E-state index in [1.165, 1.54) is 0 Å². The zero-order valence-electron chi connectivity index (χ0n) is 12.1. The molecule has 0 aromatic carbocycles. The lowest BCUT2D eigenvalue weighted by Gasteiger charge is -2.33. The van der Waals surface area contributed by atoms with Crippen LogP contribution in [0.15, 0.2) is 0 Å². The summed E-state index contributed by atoms with van der Waals surface area (Å²) < 4.78 is 5.10. The van der Waals surface area contributed by atoms with E-state index in [-0.39, 0.29) is 13.2 Å². The Balaban J connectivity index is 4.34. The Bertz CT molecular complexity index is 262. The van der Waals surface area contributed by atoms with E-state index in [4.69, 9.17) is 4.74 Å². The largest absolute Gasteiger partial charge is 0.444 e. The van der Waals surface area contributed by atoms with Gasteiger partial charge in [-0.3, -0.25) is 0 Å². The van der Waals surface area contributed by atoms with Crippen LogP contribution in [-0.4, -0.2) is 41.2 Å². The first-order valence-corrected chi connectivity index (χ1v) is 6.40. The number of rotatable bonds is 6. The molecule has 5 nitrogen and oxygen atoms in total. The van der Waals surface area contributed by atoms with Gasteiger partial charge < -0.3 is 20.3 Å². The molecule has 0 saturated carbocycles. The van der Waals surface area contributed by atoms with Crippen LogP contribution in [0, 0.1) is 5.41 Å². The van der Waals surface area contributed by atoms with Crippen LogP contribution in [0.1, 0.15) is 47.5 Å². The maximum atomic E-state index is 11.5. The monoisotopic (exact) mass is 261 g/mol. The maximum Gasteiger partial charge on any atom is 0.407 e. The van der Waals surface area contributed by atoms with Gasteiger partial charge in [0.2, 0.25) is 0 Å². The van der Waals surface area contributed by atoms with E-state index in [0.717, 1.165) is 6.42 Å². The SMILES string of the molecule is CCCC(O)C(C)(CO)CNC(=O)OC(C)(C)C. The van der Waals surface area contributed by atoms with E-state index in [0.29, 0.717) is 6.42 Å². The Morgan fingerprint density at radius 2 is 1.89 bits per heavy atom. The highest BCUT2D eigenvalue weighted by atomic mass is 16.6. The predicted octanol–water partition coefficient (Wildman–Crippen LogP) is 1.67. The van der Waals surface area contributed by atoms with Gasteiger partial charge in [-0.15, -0.1) is 0 Å². The van der Waals surface area contributed by atoms with E-state index >= 15 is 0 Å². The van der Waals surface area contributed by atoms with Gasteiger partial charge in [-0.25, -0.2) is 4.79 Å². The summed E-state index contributed by atoms with van der Waals surface area (Å²) in [5, 5.41) is 21.9. The number of carbonyl (C=O) groups is 1. The number of nitrogens with one attached hydrogen (secondary N) is 1. The van der Waals surface area contributed by atoms with Crippen molar-refractivity contribution in [3.63, 3.8) is 0 Å². The van der Waals surface area contributed by atoms with Crippen molar-refractivity contribution in [1.29, 1.82) is 0 Å². The van der Waals surface area contributed by atoms with E-state index < -0.39 is 23.2 Å². The molecule has 0 aromatic rings. The summed E-state index contributed by atoms with van der Waals surface area (Å²) in [5.41, 5.74) is -1.30. The molecule has 0 saturated heterocycles. The van der Waals surface area contributed by atoms with Gasteiger partial charge in [-0.1, -0.05) is 20.3 Å².